The minimum absolute atomic E-state index is 0.506. The van der Waals surface area contributed by atoms with Gasteiger partial charge < -0.3 is 14.6 Å². The number of aryl methyl sites for hydroxylation is 1. The van der Waals surface area contributed by atoms with Crippen molar-refractivity contribution in [2.75, 3.05) is 7.11 Å². The third-order valence-corrected chi connectivity index (χ3v) is 3.91. The lowest BCUT2D eigenvalue weighted by Crippen LogP contribution is -1.95. The van der Waals surface area contributed by atoms with Crippen molar-refractivity contribution in [3.8, 4) is 17.2 Å². The topological polar surface area (TPSA) is 38.7 Å². The van der Waals surface area contributed by atoms with E-state index in [0.29, 0.717) is 17.2 Å². The Morgan fingerprint density at radius 2 is 1.81 bits per heavy atom. The van der Waals surface area contributed by atoms with Crippen LogP contribution in [0, 0.1) is 0 Å². The van der Waals surface area contributed by atoms with Gasteiger partial charge in [-0.15, -0.1) is 0 Å². The van der Waals surface area contributed by atoms with E-state index in [1.165, 1.54) is 5.56 Å². The van der Waals surface area contributed by atoms with Gasteiger partial charge in [-0.05, 0) is 64.7 Å². The number of aliphatic hydroxyl groups excluding tert-OH is 1. The molecule has 2 rings (SSSR count). The lowest BCUT2D eigenvalue weighted by molar-refractivity contribution is 0.199. The molecule has 0 saturated heterocycles. The van der Waals surface area contributed by atoms with E-state index in [4.69, 9.17) is 9.47 Å². The Morgan fingerprint density at radius 1 is 1.10 bits per heavy atom. The zero-order valence-corrected chi connectivity index (χ0v) is 14.0. The van der Waals surface area contributed by atoms with Crippen LogP contribution in [-0.2, 0) is 6.42 Å². The first kappa shape index (κ1) is 15.9. The Hall–Kier alpha value is -1.52. The summed E-state index contributed by atoms with van der Waals surface area (Å²) in [5.74, 6) is 2.06. The van der Waals surface area contributed by atoms with E-state index in [0.717, 1.165) is 16.5 Å². The van der Waals surface area contributed by atoms with Crippen LogP contribution in [-0.4, -0.2) is 12.2 Å². The number of methoxy groups -OCH3 is 1. The van der Waals surface area contributed by atoms with Crippen molar-refractivity contribution in [2.45, 2.75) is 26.4 Å². The molecular formula is C17H19BrO3. The summed E-state index contributed by atoms with van der Waals surface area (Å²) in [6, 6.07) is 11.4. The molecule has 0 aromatic heterocycles. The average molecular weight is 351 g/mol. The van der Waals surface area contributed by atoms with Gasteiger partial charge in [-0.1, -0.05) is 19.1 Å². The molecule has 0 heterocycles. The number of benzene rings is 2. The third-order valence-electron chi connectivity index (χ3n) is 3.29. The van der Waals surface area contributed by atoms with Gasteiger partial charge in [-0.25, -0.2) is 0 Å². The maximum Gasteiger partial charge on any atom is 0.169 e. The lowest BCUT2D eigenvalue weighted by Gasteiger charge is -2.14. The largest absolute Gasteiger partial charge is 0.493 e. The van der Waals surface area contributed by atoms with Crippen LogP contribution in [0.25, 0.3) is 0 Å². The molecule has 21 heavy (non-hydrogen) atoms. The molecule has 0 unspecified atom stereocenters. The molecule has 1 atom stereocenters. The van der Waals surface area contributed by atoms with Crippen LogP contribution in [0.2, 0.25) is 0 Å². The molecule has 0 amide bonds. The molecule has 0 aliphatic carbocycles. The molecule has 112 valence electrons. The van der Waals surface area contributed by atoms with Gasteiger partial charge in [-0.2, -0.15) is 0 Å². The zero-order chi connectivity index (χ0) is 15.4. The fourth-order valence-corrected chi connectivity index (χ4v) is 2.47. The lowest BCUT2D eigenvalue weighted by atomic mass is 10.1. The van der Waals surface area contributed by atoms with Crippen molar-refractivity contribution in [3.05, 3.63) is 52.0 Å². The highest BCUT2D eigenvalue weighted by Gasteiger charge is 2.10. The number of rotatable bonds is 5. The second-order valence-corrected chi connectivity index (χ2v) is 5.66. The number of hydrogen-bond acceptors (Lipinski definition) is 3. The highest BCUT2D eigenvalue weighted by molar-refractivity contribution is 9.10. The summed E-state index contributed by atoms with van der Waals surface area (Å²) in [7, 11) is 1.63. The van der Waals surface area contributed by atoms with Crippen LogP contribution < -0.4 is 9.47 Å². The molecule has 4 heteroatoms. The predicted octanol–water partition coefficient (Wildman–Crippen LogP) is 4.87. The number of ether oxygens (including phenoxy) is 2. The molecule has 0 radical (unpaired) electrons. The number of aliphatic hydroxyl groups is 1. The van der Waals surface area contributed by atoms with Crippen LogP contribution in [0.5, 0.6) is 17.2 Å². The minimum Gasteiger partial charge on any atom is -0.493 e. The Labute approximate surface area is 133 Å². The molecule has 3 nitrogen and oxygen atoms in total. The van der Waals surface area contributed by atoms with Crippen molar-refractivity contribution in [3.63, 3.8) is 0 Å². The molecule has 0 saturated carbocycles. The summed E-state index contributed by atoms with van der Waals surface area (Å²) >= 11 is 3.47. The van der Waals surface area contributed by atoms with Crippen LogP contribution in [0.15, 0.2) is 40.9 Å². The molecule has 0 spiro atoms. The standard InChI is InChI=1S/C17H19BrO3/c1-4-12-5-7-16(17(9-12)20-3)21-15-8-6-13(11(2)19)10-14(15)18/h5-11,19H,4H2,1-3H3/t11-/m0/s1. The van der Waals surface area contributed by atoms with Gasteiger partial charge in [0.05, 0.1) is 17.7 Å². The van der Waals surface area contributed by atoms with Gasteiger partial charge in [0.25, 0.3) is 0 Å². The molecular weight excluding hydrogens is 332 g/mol. The first-order chi connectivity index (χ1) is 10.0. The fraction of sp³-hybridized carbons (Fsp3) is 0.294. The van der Waals surface area contributed by atoms with Gasteiger partial charge in [-0.3, -0.25) is 0 Å². The number of halogens is 1. The van der Waals surface area contributed by atoms with E-state index in [2.05, 4.69) is 22.9 Å². The summed E-state index contributed by atoms with van der Waals surface area (Å²) in [4.78, 5) is 0. The van der Waals surface area contributed by atoms with Gasteiger partial charge in [0.15, 0.2) is 11.5 Å². The Bertz CT molecular complexity index is 623. The maximum atomic E-state index is 9.59. The van der Waals surface area contributed by atoms with Crippen molar-refractivity contribution < 1.29 is 14.6 Å². The Balaban J connectivity index is 2.29. The van der Waals surface area contributed by atoms with Gasteiger partial charge in [0.1, 0.15) is 5.75 Å². The first-order valence-corrected chi connectivity index (χ1v) is 7.66. The van der Waals surface area contributed by atoms with Crippen molar-refractivity contribution >= 4 is 15.9 Å². The molecule has 0 fully saturated rings. The first-order valence-electron chi connectivity index (χ1n) is 6.87. The van der Waals surface area contributed by atoms with E-state index in [-0.39, 0.29) is 0 Å². The summed E-state index contributed by atoms with van der Waals surface area (Å²) in [6.45, 7) is 3.83. The highest BCUT2D eigenvalue weighted by Crippen LogP contribution is 2.36. The maximum absolute atomic E-state index is 9.59. The van der Waals surface area contributed by atoms with Crippen molar-refractivity contribution in [2.24, 2.45) is 0 Å². The monoisotopic (exact) mass is 350 g/mol. The summed E-state index contributed by atoms with van der Waals surface area (Å²) in [5.41, 5.74) is 2.03. The summed E-state index contributed by atoms with van der Waals surface area (Å²) in [6.07, 6.45) is 0.442. The van der Waals surface area contributed by atoms with Crippen molar-refractivity contribution in [1.29, 1.82) is 0 Å². The molecule has 1 N–H and O–H groups in total. The Morgan fingerprint density at radius 3 is 2.38 bits per heavy atom. The average Bonchev–Trinajstić information content (AvgIpc) is 2.49. The quantitative estimate of drug-likeness (QED) is 0.836. The minimum atomic E-state index is -0.506. The van der Waals surface area contributed by atoms with Gasteiger partial charge in [0, 0.05) is 0 Å². The van der Waals surface area contributed by atoms with E-state index >= 15 is 0 Å². The second kappa shape index (κ2) is 6.96. The normalized spacial score (nSPS) is 12.0. The molecule has 0 bridgehead atoms. The molecule has 2 aromatic rings. The van der Waals surface area contributed by atoms with Crippen LogP contribution in [0.1, 0.15) is 31.1 Å². The van der Waals surface area contributed by atoms with Crippen molar-refractivity contribution in [1.82, 2.24) is 0 Å². The van der Waals surface area contributed by atoms with E-state index in [1.807, 2.05) is 36.4 Å². The zero-order valence-electron chi connectivity index (χ0n) is 12.4. The van der Waals surface area contributed by atoms with Crippen LogP contribution >= 0.6 is 15.9 Å². The molecule has 0 aliphatic rings. The van der Waals surface area contributed by atoms with E-state index in [1.54, 1.807) is 14.0 Å². The van der Waals surface area contributed by atoms with Gasteiger partial charge >= 0.3 is 0 Å². The van der Waals surface area contributed by atoms with Gasteiger partial charge in [0.2, 0.25) is 0 Å². The smallest absolute Gasteiger partial charge is 0.169 e. The van der Waals surface area contributed by atoms with E-state index in [9.17, 15) is 5.11 Å². The van der Waals surface area contributed by atoms with E-state index < -0.39 is 6.10 Å². The second-order valence-electron chi connectivity index (χ2n) is 4.81. The predicted molar refractivity (Wildman–Crippen MR) is 87.2 cm³/mol. The SMILES string of the molecule is CCc1ccc(Oc2ccc([C@H](C)O)cc2Br)c(OC)c1. The summed E-state index contributed by atoms with van der Waals surface area (Å²) in [5, 5.41) is 9.59. The fourth-order valence-electron chi connectivity index (χ4n) is 1.99. The van der Waals surface area contributed by atoms with Crippen LogP contribution in [0.4, 0.5) is 0 Å². The summed E-state index contributed by atoms with van der Waals surface area (Å²) < 4.78 is 12.1. The number of hydrogen-bond donors (Lipinski definition) is 1. The molecule has 0 aliphatic heterocycles. The third kappa shape index (κ3) is 3.77. The van der Waals surface area contributed by atoms with Crippen LogP contribution in [0.3, 0.4) is 0 Å². The highest BCUT2D eigenvalue weighted by atomic mass is 79.9. The molecule has 2 aromatic carbocycles. The Kier molecular flexibility index (Phi) is 5.26.